The third-order valence-electron chi connectivity index (χ3n) is 3.35. The van der Waals surface area contributed by atoms with Crippen LogP contribution in [0.1, 0.15) is 19.3 Å². The van der Waals surface area contributed by atoms with Crippen molar-refractivity contribution >= 4 is 55.0 Å². The van der Waals surface area contributed by atoms with E-state index in [-0.39, 0.29) is 30.8 Å². The van der Waals surface area contributed by atoms with Crippen LogP contribution in [0.3, 0.4) is 0 Å². The van der Waals surface area contributed by atoms with Gasteiger partial charge in [-0.2, -0.15) is 25.3 Å². The molecule has 0 fully saturated rings. The van der Waals surface area contributed by atoms with Crippen LogP contribution in [0.5, 0.6) is 0 Å². The highest BCUT2D eigenvalue weighted by Crippen LogP contribution is 2.01. The van der Waals surface area contributed by atoms with Crippen LogP contribution in [0.4, 0.5) is 0 Å². The van der Waals surface area contributed by atoms with Gasteiger partial charge in [0.1, 0.15) is 24.7 Å². The molecule has 0 aromatic rings. The van der Waals surface area contributed by atoms with Crippen molar-refractivity contribution in [1.29, 1.82) is 0 Å². The Hall–Kier alpha value is -2.03. The van der Waals surface area contributed by atoms with Crippen LogP contribution in [-0.2, 0) is 24.0 Å². The molecule has 0 saturated heterocycles. The molecule has 3 atom stereocenters. The topological polar surface area (TPSA) is 194 Å². The van der Waals surface area contributed by atoms with Crippen LogP contribution in [0.2, 0.25) is 0 Å². The Bertz CT molecular complexity index is 578. The average Bonchev–Trinajstić information content (AvgIpc) is 2.62. The highest BCUT2D eigenvalue weighted by atomic mass is 32.1. The van der Waals surface area contributed by atoms with Crippen molar-refractivity contribution in [2.75, 3.05) is 18.1 Å². The maximum atomic E-state index is 11.9. The number of rotatable bonds is 15. The zero-order valence-corrected chi connectivity index (χ0v) is 16.5. The Morgan fingerprint density at radius 3 is 1.79 bits per heavy atom. The van der Waals surface area contributed by atoms with Crippen molar-refractivity contribution in [1.82, 2.24) is 21.5 Å². The number of nitrogens with one attached hydrogen (secondary N) is 4. The standard InChI is InChI=1S/C14H24N4O8S2/c19-10(16-9(6-28)12(22)15-5-11(20)21)2-1-7(13(23)24)17-18-8(3-4-27)14(25)26/h7-9,17-18,27-28H,1-6H2,(H,15,22)(H,16,19)(H,20,21)(H,23,24)(H,25,26)/t7-,8-,9-/m0/s1. The van der Waals surface area contributed by atoms with E-state index in [0.29, 0.717) is 0 Å². The third-order valence-corrected chi connectivity index (χ3v) is 3.98. The molecule has 14 heteroatoms. The Morgan fingerprint density at radius 1 is 0.821 bits per heavy atom. The fourth-order valence-electron chi connectivity index (χ4n) is 1.87. The molecule has 0 rings (SSSR count). The molecule has 160 valence electrons. The number of carboxylic acid groups (broad SMARTS) is 3. The van der Waals surface area contributed by atoms with Crippen molar-refractivity contribution in [3.8, 4) is 0 Å². The van der Waals surface area contributed by atoms with Gasteiger partial charge in [-0.05, 0) is 18.6 Å². The average molecular weight is 441 g/mol. The minimum absolute atomic E-state index is 0.0939. The van der Waals surface area contributed by atoms with E-state index in [4.69, 9.17) is 10.2 Å². The van der Waals surface area contributed by atoms with Gasteiger partial charge in [0.05, 0.1) is 0 Å². The minimum Gasteiger partial charge on any atom is -0.480 e. The van der Waals surface area contributed by atoms with Crippen LogP contribution in [0, 0.1) is 0 Å². The summed E-state index contributed by atoms with van der Waals surface area (Å²) in [6.07, 6.45) is -0.336. The molecule has 0 aliphatic carbocycles. The highest BCUT2D eigenvalue weighted by Gasteiger charge is 2.24. The van der Waals surface area contributed by atoms with E-state index in [1.807, 2.05) is 0 Å². The number of hydrogen-bond acceptors (Lipinski definition) is 9. The zero-order valence-electron chi connectivity index (χ0n) is 14.8. The number of thiol groups is 2. The lowest BCUT2D eigenvalue weighted by Crippen LogP contribution is -2.53. The van der Waals surface area contributed by atoms with E-state index < -0.39 is 54.4 Å². The molecule has 0 unspecified atom stereocenters. The minimum atomic E-state index is -1.31. The van der Waals surface area contributed by atoms with Crippen LogP contribution >= 0.6 is 25.3 Å². The maximum absolute atomic E-state index is 11.9. The maximum Gasteiger partial charge on any atom is 0.322 e. The summed E-state index contributed by atoms with van der Waals surface area (Å²) in [5.74, 6) is -4.96. The molecular weight excluding hydrogens is 416 g/mol. The number of aliphatic carboxylic acids is 3. The SMILES string of the molecule is O=C(O)CNC(=O)[C@H](CS)NC(=O)CC[C@H](NN[C@@H](CCS)C(=O)O)C(=O)O. The number of amides is 2. The molecule has 28 heavy (non-hydrogen) atoms. The van der Waals surface area contributed by atoms with E-state index in [0.717, 1.165) is 0 Å². The van der Waals surface area contributed by atoms with Gasteiger partial charge in [-0.3, -0.25) is 24.0 Å². The van der Waals surface area contributed by atoms with Crippen molar-refractivity contribution in [2.24, 2.45) is 0 Å². The van der Waals surface area contributed by atoms with Gasteiger partial charge >= 0.3 is 17.9 Å². The van der Waals surface area contributed by atoms with Crippen molar-refractivity contribution in [3.63, 3.8) is 0 Å². The molecule has 0 aromatic heterocycles. The summed E-state index contributed by atoms with van der Waals surface area (Å²) >= 11 is 7.83. The molecule has 0 aliphatic heterocycles. The van der Waals surface area contributed by atoms with E-state index in [2.05, 4.69) is 46.7 Å². The molecule has 0 radical (unpaired) electrons. The summed E-state index contributed by atoms with van der Waals surface area (Å²) in [5, 5.41) is 31.1. The van der Waals surface area contributed by atoms with Gasteiger partial charge in [0, 0.05) is 12.2 Å². The summed E-state index contributed by atoms with van der Waals surface area (Å²) in [4.78, 5) is 56.4. The number of carbonyl (C=O) groups excluding carboxylic acids is 2. The molecule has 0 bridgehead atoms. The van der Waals surface area contributed by atoms with E-state index in [9.17, 15) is 29.1 Å². The molecule has 0 aliphatic rings. The van der Waals surface area contributed by atoms with E-state index in [1.54, 1.807) is 0 Å². The summed E-state index contributed by atoms with van der Waals surface area (Å²) < 4.78 is 0. The van der Waals surface area contributed by atoms with Crippen LogP contribution in [0.25, 0.3) is 0 Å². The second-order valence-corrected chi connectivity index (χ2v) is 6.35. The van der Waals surface area contributed by atoms with Gasteiger partial charge in [0.25, 0.3) is 0 Å². The first-order valence-corrected chi connectivity index (χ1v) is 9.36. The van der Waals surface area contributed by atoms with E-state index >= 15 is 0 Å². The first kappa shape index (κ1) is 26.0. The lowest BCUT2D eigenvalue weighted by molar-refractivity contribution is -0.143. The quantitative estimate of drug-likeness (QED) is 0.0987. The van der Waals surface area contributed by atoms with Gasteiger partial charge in [-0.15, -0.1) is 0 Å². The second kappa shape index (κ2) is 14.0. The molecule has 0 heterocycles. The zero-order chi connectivity index (χ0) is 21.7. The number of hydrazine groups is 1. The first-order valence-electron chi connectivity index (χ1n) is 8.09. The lowest BCUT2D eigenvalue weighted by atomic mass is 10.1. The fraction of sp³-hybridized carbons (Fsp3) is 0.643. The van der Waals surface area contributed by atoms with Crippen LogP contribution < -0.4 is 21.5 Å². The molecule has 0 spiro atoms. The molecule has 12 nitrogen and oxygen atoms in total. The normalized spacial score (nSPS) is 13.8. The predicted molar refractivity (Wildman–Crippen MR) is 103 cm³/mol. The van der Waals surface area contributed by atoms with E-state index in [1.165, 1.54) is 0 Å². The number of carboxylic acids is 3. The fourth-order valence-corrected chi connectivity index (χ4v) is 2.38. The van der Waals surface area contributed by atoms with Crippen LogP contribution in [-0.4, -0.2) is 81.2 Å². The second-order valence-electron chi connectivity index (χ2n) is 5.54. The Balaban J connectivity index is 4.58. The van der Waals surface area contributed by atoms with Crippen molar-refractivity contribution in [3.05, 3.63) is 0 Å². The molecule has 2 amide bonds. The Kier molecular flexibility index (Phi) is 13.0. The number of carbonyl (C=O) groups is 5. The monoisotopic (exact) mass is 440 g/mol. The smallest absolute Gasteiger partial charge is 0.322 e. The molecule has 0 saturated carbocycles. The lowest BCUT2D eigenvalue weighted by Gasteiger charge is -2.20. The predicted octanol–water partition coefficient (Wildman–Crippen LogP) is -2.30. The van der Waals surface area contributed by atoms with Crippen LogP contribution in [0.15, 0.2) is 0 Å². The highest BCUT2D eigenvalue weighted by molar-refractivity contribution is 7.80. The largest absolute Gasteiger partial charge is 0.480 e. The third kappa shape index (κ3) is 11.0. The van der Waals surface area contributed by atoms with Crippen molar-refractivity contribution < 1.29 is 39.3 Å². The van der Waals surface area contributed by atoms with Gasteiger partial charge in [-0.1, -0.05) is 0 Å². The summed E-state index contributed by atoms with van der Waals surface area (Å²) in [7, 11) is 0. The summed E-state index contributed by atoms with van der Waals surface area (Å²) in [5.41, 5.74) is 4.74. The summed E-state index contributed by atoms with van der Waals surface area (Å²) in [6.45, 7) is -0.618. The first-order chi connectivity index (χ1) is 13.1. The number of hydrogen-bond donors (Lipinski definition) is 9. The van der Waals surface area contributed by atoms with Gasteiger partial charge in [0.2, 0.25) is 11.8 Å². The molecule has 7 N–H and O–H groups in total. The van der Waals surface area contributed by atoms with Gasteiger partial charge in [-0.25, -0.2) is 10.9 Å². The van der Waals surface area contributed by atoms with Crippen molar-refractivity contribution in [2.45, 2.75) is 37.4 Å². The summed E-state index contributed by atoms with van der Waals surface area (Å²) in [6, 6.07) is -3.40. The van der Waals surface area contributed by atoms with Gasteiger partial charge in [0.15, 0.2) is 0 Å². The molecular formula is C14H24N4O8S2. The van der Waals surface area contributed by atoms with Gasteiger partial charge < -0.3 is 26.0 Å². The Labute approximate surface area is 171 Å². The Morgan fingerprint density at radius 2 is 1.36 bits per heavy atom. The molecule has 0 aromatic carbocycles.